The van der Waals surface area contributed by atoms with Gasteiger partial charge in [0.25, 0.3) is 5.89 Å². The third-order valence-electron chi connectivity index (χ3n) is 4.78. The topological polar surface area (TPSA) is 88.3 Å². The Balaban J connectivity index is 1.58. The molecule has 1 heterocycles. The second kappa shape index (κ2) is 8.71. The van der Waals surface area contributed by atoms with Gasteiger partial charge in [0.15, 0.2) is 0 Å². The Hall–Kier alpha value is -3.49. The van der Waals surface area contributed by atoms with Crippen molar-refractivity contribution in [2.45, 2.75) is 11.4 Å². The molecule has 0 saturated heterocycles. The van der Waals surface area contributed by atoms with Gasteiger partial charge < -0.3 is 9.42 Å². The third kappa shape index (κ3) is 4.65. The van der Waals surface area contributed by atoms with Crippen LogP contribution in [-0.2, 0) is 16.6 Å². The Morgan fingerprint density at radius 1 is 0.903 bits per heavy atom. The molecule has 158 valence electrons. The first kappa shape index (κ1) is 20.8. The zero-order valence-corrected chi connectivity index (χ0v) is 18.0. The van der Waals surface area contributed by atoms with Gasteiger partial charge in [-0.1, -0.05) is 59.8 Å². The van der Waals surface area contributed by atoms with Gasteiger partial charge in [-0.2, -0.15) is 4.98 Å². The second-order valence-corrected chi connectivity index (χ2v) is 8.91. The van der Waals surface area contributed by atoms with Gasteiger partial charge >= 0.3 is 0 Å². The van der Waals surface area contributed by atoms with Crippen molar-refractivity contribution in [3.63, 3.8) is 0 Å². The highest BCUT2D eigenvalue weighted by Crippen LogP contribution is 2.28. The summed E-state index contributed by atoms with van der Waals surface area (Å²) in [6.07, 6.45) is 0. The van der Waals surface area contributed by atoms with Crippen LogP contribution in [0.3, 0.4) is 0 Å². The fraction of sp³-hybridized carbons (Fsp3) is 0.130. The maximum Gasteiger partial charge on any atom is 0.259 e. The Morgan fingerprint density at radius 2 is 1.58 bits per heavy atom. The molecule has 0 spiro atoms. The van der Waals surface area contributed by atoms with E-state index < -0.39 is 10.0 Å². The zero-order valence-electron chi connectivity index (χ0n) is 17.2. The third-order valence-corrected chi connectivity index (χ3v) is 6.24. The number of nitrogens with zero attached hydrogens (tertiary/aromatic N) is 3. The SMILES string of the molecule is CN(C)c1ccc(CNS(=O)(=O)c2ccccc2-c2nc(-c3ccccc3)no2)cc1. The van der Waals surface area contributed by atoms with Crippen LogP contribution in [0.2, 0.25) is 0 Å². The van der Waals surface area contributed by atoms with Gasteiger partial charge in [-0.15, -0.1) is 0 Å². The summed E-state index contributed by atoms with van der Waals surface area (Å²) >= 11 is 0. The number of rotatable bonds is 7. The predicted molar refractivity (Wildman–Crippen MR) is 120 cm³/mol. The Labute approximate surface area is 181 Å². The number of nitrogens with one attached hydrogen (secondary N) is 1. The van der Waals surface area contributed by atoms with E-state index in [2.05, 4.69) is 14.9 Å². The molecule has 7 nitrogen and oxygen atoms in total. The van der Waals surface area contributed by atoms with Gasteiger partial charge in [-0.25, -0.2) is 13.1 Å². The average Bonchev–Trinajstić information content (AvgIpc) is 3.29. The summed E-state index contributed by atoms with van der Waals surface area (Å²) in [7, 11) is 0.100. The fourth-order valence-corrected chi connectivity index (χ4v) is 4.30. The summed E-state index contributed by atoms with van der Waals surface area (Å²) in [6, 6.07) is 23.6. The maximum absolute atomic E-state index is 13.0. The van der Waals surface area contributed by atoms with E-state index in [0.717, 1.165) is 16.8 Å². The molecule has 0 saturated carbocycles. The van der Waals surface area contributed by atoms with Gasteiger partial charge in [-0.05, 0) is 29.8 Å². The lowest BCUT2D eigenvalue weighted by Gasteiger charge is -2.13. The van der Waals surface area contributed by atoms with Crippen LogP contribution in [0, 0.1) is 0 Å². The first-order chi connectivity index (χ1) is 14.9. The summed E-state index contributed by atoms with van der Waals surface area (Å²) in [5, 5.41) is 4.00. The van der Waals surface area contributed by atoms with Crippen molar-refractivity contribution in [2.24, 2.45) is 0 Å². The normalized spacial score (nSPS) is 11.4. The number of anilines is 1. The van der Waals surface area contributed by atoms with Crippen LogP contribution in [0.5, 0.6) is 0 Å². The molecule has 4 aromatic rings. The molecule has 0 bridgehead atoms. The lowest BCUT2D eigenvalue weighted by molar-refractivity contribution is 0.431. The molecule has 0 aliphatic carbocycles. The van der Waals surface area contributed by atoms with E-state index >= 15 is 0 Å². The molecule has 0 fully saturated rings. The molecule has 3 aromatic carbocycles. The average molecular weight is 435 g/mol. The molecule has 31 heavy (non-hydrogen) atoms. The van der Waals surface area contributed by atoms with Crippen LogP contribution in [0.1, 0.15) is 5.56 Å². The van der Waals surface area contributed by atoms with Crippen LogP contribution in [0.15, 0.2) is 88.3 Å². The van der Waals surface area contributed by atoms with Crippen molar-refractivity contribution in [3.05, 3.63) is 84.4 Å². The molecule has 0 aliphatic rings. The van der Waals surface area contributed by atoms with E-state index in [9.17, 15) is 8.42 Å². The summed E-state index contributed by atoms with van der Waals surface area (Å²) in [5.41, 5.74) is 3.04. The Morgan fingerprint density at radius 3 is 2.29 bits per heavy atom. The van der Waals surface area contributed by atoms with Gasteiger partial charge in [0.05, 0.1) is 10.5 Å². The summed E-state index contributed by atoms with van der Waals surface area (Å²) in [6.45, 7) is 0.170. The molecule has 0 aliphatic heterocycles. The molecule has 0 radical (unpaired) electrons. The summed E-state index contributed by atoms with van der Waals surface area (Å²) < 4.78 is 34.1. The lowest BCUT2D eigenvalue weighted by atomic mass is 10.2. The first-order valence-corrected chi connectivity index (χ1v) is 11.2. The number of sulfonamides is 1. The standard InChI is InChI=1S/C23H22N4O3S/c1-27(2)19-14-12-17(13-15-19)16-24-31(28,29)21-11-7-6-10-20(21)23-25-22(26-30-23)18-8-4-3-5-9-18/h3-15,24H,16H2,1-2H3. The fourth-order valence-electron chi connectivity index (χ4n) is 3.08. The van der Waals surface area contributed by atoms with E-state index in [1.54, 1.807) is 18.2 Å². The predicted octanol–water partition coefficient (Wildman–Crippen LogP) is 3.95. The van der Waals surface area contributed by atoms with E-state index in [-0.39, 0.29) is 17.3 Å². The monoisotopic (exact) mass is 434 g/mol. The number of aromatic nitrogens is 2. The molecule has 8 heteroatoms. The van der Waals surface area contributed by atoms with Gasteiger partial charge in [0.1, 0.15) is 0 Å². The van der Waals surface area contributed by atoms with Crippen LogP contribution >= 0.6 is 0 Å². The zero-order chi connectivity index (χ0) is 21.8. The van der Waals surface area contributed by atoms with Crippen LogP contribution in [0.4, 0.5) is 5.69 Å². The number of hydrogen-bond donors (Lipinski definition) is 1. The second-order valence-electron chi connectivity index (χ2n) is 7.17. The smallest absolute Gasteiger partial charge is 0.259 e. The van der Waals surface area contributed by atoms with Crippen molar-refractivity contribution in [1.29, 1.82) is 0 Å². The molecular weight excluding hydrogens is 412 g/mol. The van der Waals surface area contributed by atoms with Crippen molar-refractivity contribution in [3.8, 4) is 22.8 Å². The van der Waals surface area contributed by atoms with E-state index in [0.29, 0.717) is 11.4 Å². The Kier molecular flexibility index (Phi) is 5.83. The van der Waals surface area contributed by atoms with E-state index in [4.69, 9.17) is 4.52 Å². The molecule has 0 amide bonds. The largest absolute Gasteiger partial charge is 0.378 e. The quantitative estimate of drug-likeness (QED) is 0.474. The molecule has 1 aromatic heterocycles. The van der Waals surface area contributed by atoms with E-state index in [1.807, 2.05) is 73.6 Å². The highest BCUT2D eigenvalue weighted by atomic mass is 32.2. The van der Waals surface area contributed by atoms with Crippen LogP contribution < -0.4 is 9.62 Å². The van der Waals surface area contributed by atoms with Crippen molar-refractivity contribution in [1.82, 2.24) is 14.9 Å². The van der Waals surface area contributed by atoms with Crippen molar-refractivity contribution >= 4 is 15.7 Å². The first-order valence-electron chi connectivity index (χ1n) is 9.68. The summed E-state index contributed by atoms with van der Waals surface area (Å²) in [4.78, 5) is 6.47. The molecule has 0 unspecified atom stereocenters. The minimum absolute atomic E-state index is 0.0863. The van der Waals surface area contributed by atoms with Gasteiger partial charge in [0, 0.05) is 31.9 Å². The summed E-state index contributed by atoms with van der Waals surface area (Å²) in [5.74, 6) is 0.548. The highest BCUT2D eigenvalue weighted by molar-refractivity contribution is 7.89. The van der Waals surface area contributed by atoms with Crippen molar-refractivity contribution < 1.29 is 12.9 Å². The van der Waals surface area contributed by atoms with Crippen LogP contribution in [-0.4, -0.2) is 32.7 Å². The van der Waals surface area contributed by atoms with Crippen molar-refractivity contribution in [2.75, 3.05) is 19.0 Å². The molecular formula is C23H22N4O3S. The minimum Gasteiger partial charge on any atom is -0.378 e. The lowest BCUT2D eigenvalue weighted by Crippen LogP contribution is -2.24. The number of benzene rings is 3. The van der Waals surface area contributed by atoms with Gasteiger partial charge in [0.2, 0.25) is 15.8 Å². The maximum atomic E-state index is 13.0. The molecule has 4 rings (SSSR count). The minimum atomic E-state index is -3.81. The van der Waals surface area contributed by atoms with Gasteiger partial charge in [-0.3, -0.25) is 0 Å². The molecule has 0 atom stereocenters. The van der Waals surface area contributed by atoms with E-state index in [1.165, 1.54) is 6.07 Å². The molecule has 1 N–H and O–H groups in total. The Bertz CT molecular complexity index is 1270. The highest BCUT2D eigenvalue weighted by Gasteiger charge is 2.22. The number of hydrogen-bond acceptors (Lipinski definition) is 6. The van der Waals surface area contributed by atoms with Crippen LogP contribution in [0.25, 0.3) is 22.8 Å².